The van der Waals surface area contributed by atoms with Crippen molar-refractivity contribution in [3.63, 3.8) is 0 Å². The molecule has 0 aliphatic rings. The van der Waals surface area contributed by atoms with E-state index in [4.69, 9.17) is 0 Å². The minimum Gasteiger partial charge on any atom is -0.315 e. The summed E-state index contributed by atoms with van der Waals surface area (Å²) in [7, 11) is -9.05. The molecule has 0 amide bonds. The van der Waals surface area contributed by atoms with Crippen molar-refractivity contribution < 1.29 is 18.3 Å². The number of hydrogen-bond donors (Lipinski definition) is 0. The molecule has 0 bridgehead atoms. The predicted molar refractivity (Wildman–Crippen MR) is 199 cm³/mol. The molecular formula is C36H44O4P4. The van der Waals surface area contributed by atoms with E-state index >= 15 is 0 Å². The predicted octanol–water partition coefficient (Wildman–Crippen LogP) is 9.79. The van der Waals surface area contributed by atoms with Crippen molar-refractivity contribution in [2.75, 3.05) is 26.7 Å². The molecule has 0 N–H and O–H groups in total. The maximum absolute atomic E-state index is 11.7. The fraction of sp³-hybridized carbons (Fsp3) is 0.111. The lowest BCUT2D eigenvalue weighted by molar-refractivity contribution is 0.589. The maximum Gasteiger partial charge on any atom is 0.132 e. The van der Waals surface area contributed by atoms with E-state index in [0.29, 0.717) is 0 Å². The summed E-state index contributed by atoms with van der Waals surface area (Å²) in [5, 5.41) is 3.48. The average molecular weight is 665 g/mol. The molecule has 4 nitrogen and oxygen atoms in total. The Kier molecular flexibility index (Phi) is 16.3. The summed E-state index contributed by atoms with van der Waals surface area (Å²) in [6, 6.07) is 37.6. The number of hydrogen-bond acceptors (Lipinski definition) is 4. The number of rotatable bonds is 8. The van der Waals surface area contributed by atoms with Crippen molar-refractivity contribution in [3.8, 4) is 0 Å². The molecule has 0 saturated carbocycles. The molecule has 4 rings (SSSR count). The van der Waals surface area contributed by atoms with Crippen LogP contribution in [-0.2, 0) is 18.3 Å². The van der Waals surface area contributed by atoms with Crippen molar-refractivity contribution in [2.45, 2.75) is 0 Å². The fourth-order valence-electron chi connectivity index (χ4n) is 3.32. The third-order valence-electron chi connectivity index (χ3n) is 6.47. The van der Waals surface area contributed by atoms with Crippen LogP contribution in [0.4, 0.5) is 0 Å². The molecule has 4 aromatic carbocycles. The lowest BCUT2D eigenvalue weighted by atomic mass is 10.4. The second-order valence-corrected chi connectivity index (χ2v) is 21.5. The van der Waals surface area contributed by atoms with Gasteiger partial charge < -0.3 is 18.3 Å². The SMILES string of the molecule is C=C[P@@](C)(=O)c1ccccc1.C=C[P@@](C)(=O)c1ccccc1.C=C[P@@](C)(=O)c1ccccc1.C=C[P@@](C)(=O)c1ccccc1. The molecule has 232 valence electrons. The van der Waals surface area contributed by atoms with Crippen LogP contribution in [0.5, 0.6) is 0 Å². The van der Waals surface area contributed by atoms with Crippen LogP contribution in [0.25, 0.3) is 0 Å². The first-order valence-electron chi connectivity index (χ1n) is 13.7. The standard InChI is InChI=1S/4C9H11OP/c4*1-3-11(2,10)9-7-5-4-6-8-9/h4*3-8H,1H2,2H3/t4*11-/m1111/s1. The fourth-order valence-corrected chi connectivity index (χ4v) is 7.22. The first-order chi connectivity index (χ1) is 20.7. The van der Waals surface area contributed by atoms with E-state index in [1.165, 1.54) is 23.3 Å². The summed E-state index contributed by atoms with van der Waals surface area (Å²) < 4.78 is 46.7. The zero-order chi connectivity index (χ0) is 33.3. The smallest absolute Gasteiger partial charge is 0.132 e. The molecule has 4 aromatic rings. The molecule has 0 aliphatic carbocycles. The Balaban J connectivity index is 0.000000293. The Bertz CT molecular complexity index is 1410. The van der Waals surface area contributed by atoms with Crippen molar-refractivity contribution >= 4 is 49.8 Å². The van der Waals surface area contributed by atoms with Gasteiger partial charge in [-0.1, -0.05) is 148 Å². The summed E-state index contributed by atoms with van der Waals surface area (Å²) in [5.74, 6) is 6.12. The van der Waals surface area contributed by atoms with Gasteiger partial charge in [0.1, 0.15) is 28.6 Å². The molecule has 44 heavy (non-hydrogen) atoms. The highest BCUT2D eigenvalue weighted by Crippen LogP contribution is 2.42. The number of benzene rings is 4. The molecule has 8 heteroatoms. The van der Waals surface area contributed by atoms with Crippen molar-refractivity contribution in [1.29, 1.82) is 0 Å². The van der Waals surface area contributed by atoms with Gasteiger partial charge in [0.2, 0.25) is 0 Å². The van der Waals surface area contributed by atoms with Crippen LogP contribution < -0.4 is 21.2 Å². The van der Waals surface area contributed by atoms with Crippen molar-refractivity contribution in [2.24, 2.45) is 0 Å². The van der Waals surface area contributed by atoms with Crippen LogP contribution in [0.2, 0.25) is 0 Å². The van der Waals surface area contributed by atoms with Crippen LogP contribution in [-0.4, -0.2) is 26.7 Å². The third-order valence-corrected chi connectivity index (χ3v) is 14.6. The van der Waals surface area contributed by atoms with Crippen molar-refractivity contribution in [3.05, 3.63) is 171 Å². The van der Waals surface area contributed by atoms with Gasteiger partial charge in [0, 0.05) is 21.2 Å². The van der Waals surface area contributed by atoms with E-state index < -0.39 is 28.6 Å². The van der Waals surface area contributed by atoms with Crippen LogP contribution >= 0.6 is 28.6 Å². The summed E-state index contributed by atoms with van der Waals surface area (Å²) in [6.45, 7) is 21.1. The first-order valence-corrected chi connectivity index (χ1v) is 22.6. The largest absolute Gasteiger partial charge is 0.315 e. The first kappa shape index (κ1) is 38.8. The molecule has 0 fully saturated rings. The van der Waals surface area contributed by atoms with E-state index in [-0.39, 0.29) is 0 Å². The van der Waals surface area contributed by atoms with Gasteiger partial charge in [0.25, 0.3) is 0 Å². The molecule has 4 atom stereocenters. The second kappa shape index (κ2) is 18.5. The molecule has 0 aliphatic heterocycles. The summed E-state index contributed by atoms with van der Waals surface area (Å²) in [4.78, 5) is 0. The molecule has 0 radical (unpaired) electrons. The maximum atomic E-state index is 11.7. The van der Waals surface area contributed by atoms with Gasteiger partial charge in [-0.2, -0.15) is 0 Å². The second-order valence-electron chi connectivity index (χ2n) is 10.0. The quantitative estimate of drug-likeness (QED) is 0.176. The van der Waals surface area contributed by atoms with E-state index in [0.717, 1.165) is 21.2 Å². The Hall–Kier alpha value is -3.24. The minimum absolute atomic E-state index is 0.870. The van der Waals surface area contributed by atoms with Crippen LogP contribution in [0.1, 0.15) is 0 Å². The van der Waals surface area contributed by atoms with Crippen LogP contribution in [0.3, 0.4) is 0 Å². The lowest BCUT2D eigenvalue weighted by Crippen LogP contribution is -1.99. The normalized spacial score (nSPS) is 15.4. The Morgan fingerprint density at radius 1 is 0.341 bits per heavy atom. The van der Waals surface area contributed by atoms with Gasteiger partial charge in [-0.3, -0.25) is 0 Å². The highest BCUT2D eigenvalue weighted by molar-refractivity contribution is 7.74. The zero-order valence-corrected chi connectivity index (χ0v) is 29.7. The highest BCUT2D eigenvalue weighted by atomic mass is 31.2. The summed E-state index contributed by atoms with van der Waals surface area (Å²) in [6.07, 6.45) is 0. The van der Waals surface area contributed by atoms with E-state index in [1.54, 1.807) is 26.7 Å². The molecule has 0 spiro atoms. The van der Waals surface area contributed by atoms with Gasteiger partial charge in [-0.05, 0) is 49.9 Å². The molecule has 0 saturated heterocycles. The van der Waals surface area contributed by atoms with Gasteiger partial charge in [-0.15, -0.1) is 0 Å². The van der Waals surface area contributed by atoms with E-state index in [2.05, 4.69) is 26.3 Å². The minimum atomic E-state index is -2.26. The topological polar surface area (TPSA) is 68.3 Å². The zero-order valence-electron chi connectivity index (χ0n) is 26.1. The molecule has 0 unspecified atom stereocenters. The third kappa shape index (κ3) is 13.2. The van der Waals surface area contributed by atoms with Gasteiger partial charge in [0.15, 0.2) is 0 Å². The summed E-state index contributed by atoms with van der Waals surface area (Å²) in [5.41, 5.74) is 0. The molecule has 0 heterocycles. The van der Waals surface area contributed by atoms with Gasteiger partial charge in [0.05, 0.1) is 0 Å². The molecule has 0 aromatic heterocycles. The van der Waals surface area contributed by atoms with Crippen molar-refractivity contribution in [1.82, 2.24) is 0 Å². The lowest BCUT2D eigenvalue weighted by Gasteiger charge is -2.05. The Morgan fingerprint density at radius 2 is 0.477 bits per heavy atom. The Morgan fingerprint density at radius 3 is 0.591 bits per heavy atom. The molecular weight excluding hydrogens is 620 g/mol. The van der Waals surface area contributed by atoms with Gasteiger partial charge >= 0.3 is 0 Å². The summed E-state index contributed by atoms with van der Waals surface area (Å²) >= 11 is 0. The Labute approximate surface area is 264 Å². The monoisotopic (exact) mass is 664 g/mol. The van der Waals surface area contributed by atoms with E-state index in [1.807, 2.05) is 121 Å². The highest BCUT2D eigenvalue weighted by Gasteiger charge is 2.13. The average Bonchev–Trinajstić information content (AvgIpc) is 3.07. The van der Waals surface area contributed by atoms with Crippen LogP contribution in [0, 0.1) is 0 Å². The van der Waals surface area contributed by atoms with Gasteiger partial charge in [-0.25, -0.2) is 0 Å². The van der Waals surface area contributed by atoms with Crippen LogP contribution in [0.15, 0.2) is 171 Å². The van der Waals surface area contributed by atoms with E-state index in [9.17, 15) is 18.3 Å².